The van der Waals surface area contributed by atoms with E-state index in [1.54, 1.807) is 0 Å². The van der Waals surface area contributed by atoms with E-state index in [0.29, 0.717) is 0 Å². The van der Waals surface area contributed by atoms with Gasteiger partial charge in [0.05, 0.1) is 11.5 Å². The highest BCUT2D eigenvalue weighted by molar-refractivity contribution is 5.95. The molecule has 1 heteroatoms. The first kappa shape index (κ1) is 35.5. The molecule has 1 unspecified atom stereocenters. The van der Waals surface area contributed by atoms with Crippen molar-refractivity contribution in [2.24, 2.45) is 0 Å². The van der Waals surface area contributed by atoms with E-state index in [1.165, 1.54) is 89.3 Å². The van der Waals surface area contributed by atoms with E-state index in [0.717, 1.165) is 19.3 Å². The molecule has 0 saturated carbocycles. The molecule has 0 heterocycles. The maximum atomic E-state index is 2.62. The summed E-state index contributed by atoms with van der Waals surface area (Å²) in [6.45, 7) is 4.77. The number of rotatable bonds is 7. The van der Waals surface area contributed by atoms with Crippen LogP contribution in [0.25, 0.3) is 33.4 Å². The summed E-state index contributed by atoms with van der Waals surface area (Å²) in [7, 11) is 0. The normalized spacial score (nSPS) is 17.8. The molecule has 284 valence electrons. The largest absolute Gasteiger partial charge is 0.334 e. The first-order valence-electron chi connectivity index (χ1n) is 21.3. The predicted octanol–water partition coefficient (Wildman–Crippen LogP) is 14.7. The molecule has 7 aromatic carbocycles. The topological polar surface area (TPSA) is 3.24 Å². The molecule has 59 heavy (non-hydrogen) atoms. The summed E-state index contributed by atoms with van der Waals surface area (Å²) in [5.74, 6) is 0. The van der Waals surface area contributed by atoms with Crippen molar-refractivity contribution in [2.45, 2.75) is 50.0 Å². The minimum absolute atomic E-state index is 0.0720. The van der Waals surface area contributed by atoms with Gasteiger partial charge in [-0.3, -0.25) is 0 Å². The molecule has 0 amide bonds. The van der Waals surface area contributed by atoms with Crippen LogP contribution < -0.4 is 4.90 Å². The third-order valence-electron chi connectivity index (χ3n) is 13.6. The van der Waals surface area contributed by atoms with Gasteiger partial charge in [0.2, 0.25) is 0 Å². The molecular weight excluding hydrogens is 711 g/mol. The minimum atomic E-state index is -0.448. The van der Waals surface area contributed by atoms with Gasteiger partial charge in [0.1, 0.15) is 0 Å². The Kier molecular flexibility index (Phi) is 8.41. The smallest absolute Gasteiger partial charge is 0.0711 e. The van der Waals surface area contributed by atoms with E-state index in [1.807, 2.05) is 0 Å². The number of anilines is 2. The lowest BCUT2D eigenvalue weighted by atomic mass is 9.66. The van der Waals surface area contributed by atoms with Gasteiger partial charge < -0.3 is 4.90 Å². The van der Waals surface area contributed by atoms with E-state index in [9.17, 15) is 0 Å². The fourth-order valence-electron chi connectivity index (χ4n) is 10.7. The van der Waals surface area contributed by atoms with Crippen molar-refractivity contribution in [3.8, 4) is 22.3 Å². The lowest BCUT2D eigenvalue weighted by Crippen LogP contribution is -2.35. The first-order valence-corrected chi connectivity index (χ1v) is 21.3. The highest BCUT2D eigenvalue weighted by atomic mass is 15.2. The van der Waals surface area contributed by atoms with Gasteiger partial charge in [0, 0.05) is 16.8 Å². The molecule has 11 rings (SSSR count). The Morgan fingerprint density at radius 1 is 0.525 bits per heavy atom. The van der Waals surface area contributed by atoms with Gasteiger partial charge in [0.25, 0.3) is 0 Å². The van der Waals surface area contributed by atoms with Crippen LogP contribution in [-0.4, -0.2) is 6.04 Å². The molecule has 0 aromatic heterocycles. The molecule has 0 bridgehead atoms. The number of nitrogens with zero attached hydrogens (tertiary/aromatic N) is 1. The second-order valence-corrected chi connectivity index (χ2v) is 17.1. The molecule has 4 aliphatic rings. The van der Waals surface area contributed by atoms with Crippen LogP contribution in [0.3, 0.4) is 0 Å². The Balaban J connectivity index is 1.07. The number of hydrogen-bond acceptors (Lipinski definition) is 1. The van der Waals surface area contributed by atoms with E-state index in [4.69, 9.17) is 0 Å². The van der Waals surface area contributed by atoms with Crippen molar-refractivity contribution in [3.05, 3.63) is 251 Å². The lowest BCUT2D eigenvalue weighted by Gasteiger charge is -2.39. The summed E-state index contributed by atoms with van der Waals surface area (Å²) in [5.41, 5.74) is 20.5. The Hall–Kier alpha value is -6.70. The van der Waals surface area contributed by atoms with Crippen molar-refractivity contribution in [1.82, 2.24) is 0 Å². The molecule has 1 atom stereocenters. The van der Waals surface area contributed by atoms with Gasteiger partial charge >= 0.3 is 0 Å². The molecule has 0 saturated heterocycles. The third kappa shape index (κ3) is 5.59. The summed E-state index contributed by atoms with van der Waals surface area (Å²) in [6.07, 6.45) is 14.9. The van der Waals surface area contributed by atoms with Gasteiger partial charge in [-0.05, 0) is 121 Å². The second kappa shape index (κ2) is 14.0. The van der Waals surface area contributed by atoms with Gasteiger partial charge in [0.15, 0.2) is 0 Å². The Labute approximate surface area is 349 Å². The quantitative estimate of drug-likeness (QED) is 0.157. The third-order valence-corrected chi connectivity index (χ3v) is 13.6. The first-order chi connectivity index (χ1) is 29.0. The van der Waals surface area contributed by atoms with Crippen LogP contribution in [-0.2, 0) is 10.8 Å². The van der Waals surface area contributed by atoms with Crippen LogP contribution in [0.15, 0.2) is 212 Å². The Bertz CT molecular complexity index is 2810. The van der Waals surface area contributed by atoms with Crippen molar-refractivity contribution in [1.29, 1.82) is 0 Å². The zero-order valence-electron chi connectivity index (χ0n) is 33.8. The molecule has 7 aromatic rings. The highest BCUT2D eigenvalue weighted by Crippen LogP contribution is 2.59. The molecule has 0 N–H and O–H groups in total. The van der Waals surface area contributed by atoms with E-state index < -0.39 is 5.41 Å². The van der Waals surface area contributed by atoms with Crippen LogP contribution in [0.5, 0.6) is 0 Å². The fraction of sp³-hybridized carbons (Fsp3) is 0.138. The zero-order valence-corrected chi connectivity index (χ0v) is 33.8. The number of hydrogen-bond donors (Lipinski definition) is 0. The van der Waals surface area contributed by atoms with Crippen LogP contribution in [0.2, 0.25) is 0 Å². The lowest BCUT2D eigenvalue weighted by molar-refractivity contribution is 0.659. The van der Waals surface area contributed by atoms with Crippen LogP contribution in [0.1, 0.15) is 72.1 Å². The van der Waals surface area contributed by atoms with Gasteiger partial charge in [-0.1, -0.05) is 196 Å². The molecule has 4 aliphatic carbocycles. The average molecular weight is 758 g/mol. The molecule has 0 radical (unpaired) electrons. The van der Waals surface area contributed by atoms with E-state index >= 15 is 0 Å². The van der Waals surface area contributed by atoms with Crippen molar-refractivity contribution in [2.75, 3.05) is 4.90 Å². The summed E-state index contributed by atoms with van der Waals surface area (Å²) < 4.78 is 0. The standard InChI is InChI=1S/C58H47N/c1-57(2)53-24-14-12-22-49(53)51-36-34-47(38-55(51)57)59(46-32-30-43(31-33-46)42-28-26-41(27-29-42)40-16-6-3-7-17-40)48-35-37-52-50-23-13-15-25-54(50)58(56(52)39-48,44-18-8-4-9-19-44)45-20-10-5-11-21-45/h3-6,8-16,18-34,36-39,48H,7,17,35H2,1-2H3. The average Bonchev–Trinajstić information content (AvgIpc) is 3.73. The summed E-state index contributed by atoms with van der Waals surface area (Å²) in [6, 6.07) is 66.1. The Morgan fingerprint density at radius 2 is 1.10 bits per heavy atom. The van der Waals surface area contributed by atoms with Crippen LogP contribution in [0, 0.1) is 0 Å². The highest BCUT2D eigenvalue weighted by Gasteiger charge is 2.49. The SMILES string of the molecule is CC1(C)c2ccccc2-c2ccc(N(c3ccc(-c4ccc(C5=CC=CCC5)cc4)cc3)C3C=C4C(=CC3)c3ccccc3C4(c3ccccc3)c3ccccc3)cc21. The molecule has 1 nitrogen and oxygen atoms in total. The number of allylic oxidation sites excluding steroid dienone is 6. The monoisotopic (exact) mass is 757 g/mol. The zero-order chi connectivity index (χ0) is 39.6. The summed E-state index contributed by atoms with van der Waals surface area (Å²) in [5, 5.41) is 0. The molecular formula is C58H47N. The Morgan fingerprint density at radius 3 is 1.78 bits per heavy atom. The molecule has 0 fully saturated rings. The predicted molar refractivity (Wildman–Crippen MR) is 248 cm³/mol. The van der Waals surface area contributed by atoms with Crippen molar-refractivity contribution in [3.63, 3.8) is 0 Å². The number of benzene rings is 7. The molecule has 0 spiro atoms. The minimum Gasteiger partial charge on any atom is -0.334 e. The maximum absolute atomic E-state index is 2.62. The molecule has 0 aliphatic heterocycles. The van der Waals surface area contributed by atoms with Crippen molar-refractivity contribution < 1.29 is 0 Å². The fourth-order valence-corrected chi connectivity index (χ4v) is 10.7. The van der Waals surface area contributed by atoms with Crippen LogP contribution in [0.4, 0.5) is 11.4 Å². The van der Waals surface area contributed by atoms with Crippen molar-refractivity contribution >= 4 is 22.5 Å². The van der Waals surface area contributed by atoms with E-state index in [-0.39, 0.29) is 11.5 Å². The van der Waals surface area contributed by atoms with Gasteiger partial charge in [-0.25, -0.2) is 0 Å². The summed E-state index contributed by atoms with van der Waals surface area (Å²) >= 11 is 0. The van der Waals surface area contributed by atoms with Gasteiger partial charge in [-0.15, -0.1) is 0 Å². The van der Waals surface area contributed by atoms with Crippen LogP contribution >= 0.6 is 0 Å². The summed E-state index contributed by atoms with van der Waals surface area (Å²) in [4.78, 5) is 2.61. The van der Waals surface area contributed by atoms with Gasteiger partial charge in [-0.2, -0.15) is 0 Å². The number of fused-ring (bicyclic) bond motifs is 6. The maximum Gasteiger partial charge on any atom is 0.0711 e. The van der Waals surface area contributed by atoms with E-state index in [2.05, 4.69) is 225 Å². The second-order valence-electron chi connectivity index (χ2n) is 17.1.